The van der Waals surface area contributed by atoms with Crippen molar-refractivity contribution >= 4 is 29.8 Å². The number of fused-ring (bicyclic) bond motifs is 1. The minimum atomic E-state index is -1.38. The van der Waals surface area contributed by atoms with Crippen LogP contribution < -0.4 is 10.6 Å². The molecular weight excluding hydrogens is 720 g/mol. The predicted molar refractivity (Wildman–Crippen MR) is 206 cm³/mol. The van der Waals surface area contributed by atoms with Crippen molar-refractivity contribution in [1.82, 2.24) is 10.6 Å². The van der Waals surface area contributed by atoms with Gasteiger partial charge in [0.15, 0.2) is 0 Å². The molecule has 0 spiro atoms. The average Bonchev–Trinajstić information content (AvgIpc) is 3.59. The molecule has 4 atom stereocenters. The summed E-state index contributed by atoms with van der Waals surface area (Å²) in [5, 5.41) is 24.2. The number of carbonyl (C=O) groups is 4. The Morgan fingerprint density at radius 3 is 2.27 bits per heavy atom. The van der Waals surface area contributed by atoms with Gasteiger partial charge in [0.2, 0.25) is 17.6 Å². The molecule has 56 heavy (non-hydrogen) atoms. The van der Waals surface area contributed by atoms with E-state index < -0.39 is 59.5 Å². The minimum Gasteiger partial charge on any atom is -0.499 e. The largest absolute Gasteiger partial charge is 0.499 e. The molecule has 0 aromatic heterocycles. The molecule has 298 valence electrons. The van der Waals surface area contributed by atoms with Gasteiger partial charge in [-0.2, -0.15) is 0 Å². The van der Waals surface area contributed by atoms with Crippen LogP contribution >= 0.6 is 0 Å². The van der Waals surface area contributed by atoms with E-state index in [1.165, 1.54) is 6.26 Å². The molecule has 0 radical (unpaired) electrons. The zero-order valence-electron chi connectivity index (χ0n) is 31.8. The smallest absolute Gasteiger partial charge is 0.338 e. The van der Waals surface area contributed by atoms with Gasteiger partial charge in [-0.25, -0.2) is 4.79 Å². The molecule has 1 fully saturated rings. The standard InChI is InChI=1S/C43H50N2O11/c1-42(2,3)55-38(49)18-17-34(28-47)45-37(48)19-21-44-40(50)31-26-35(53-41(51)30-12-10-11-29(25-30)20-23-52-24-22-46)39-36(27-31)54-43(56-39,32-13-6-4-7-14-32)33-15-8-5-9-16-33/h4-16,20,23,25,27,34-36,39,46-47H,17-19,21-22,24,26,28H2,1-3H3,(H,44,50)(H,45,48)/t34-,35+,36+,39-/m0/s1. The van der Waals surface area contributed by atoms with Crippen LogP contribution in [0.2, 0.25) is 0 Å². The van der Waals surface area contributed by atoms with E-state index in [0.717, 1.165) is 0 Å². The number of carbonyl (C=O) groups excluding carboxylic acids is 4. The minimum absolute atomic E-state index is 0.000198. The van der Waals surface area contributed by atoms with E-state index in [0.29, 0.717) is 16.7 Å². The van der Waals surface area contributed by atoms with Gasteiger partial charge in [-0.1, -0.05) is 72.8 Å². The van der Waals surface area contributed by atoms with Crippen LogP contribution in [0.25, 0.3) is 6.08 Å². The first-order valence-corrected chi connectivity index (χ1v) is 18.7. The van der Waals surface area contributed by atoms with Crippen molar-refractivity contribution in [2.45, 2.75) is 82.2 Å². The third-order valence-corrected chi connectivity index (χ3v) is 8.97. The van der Waals surface area contributed by atoms with Crippen LogP contribution in [0.1, 0.15) is 73.5 Å². The molecule has 3 aromatic carbocycles. The van der Waals surface area contributed by atoms with Crippen molar-refractivity contribution < 1.29 is 53.1 Å². The Morgan fingerprint density at radius 1 is 0.929 bits per heavy atom. The Balaban J connectivity index is 1.31. The first-order valence-electron chi connectivity index (χ1n) is 18.7. The topological polar surface area (TPSA) is 179 Å². The van der Waals surface area contributed by atoms with Crippen LogP contribution in [0.15, 0.2) is 103 Å². The number of nitrogens with one attached hydrogen (secondary N) is 2. The monoisotopic (exact) mass is 770 g/mol. The SMILES string of the molecule is CC(C)(C)OC(=O)CC[C@@H](CO)NC(=O)CCNC(=O)C1=C[C@H]2OC(c3ccccc3)(c3ccccc3)O[C@H]2[C@H](OC(=O)c2cccc(C=COCCO)c2)C1. The van der Waals surface area contributed by atoms with Gasteiger partial charge in [-0.15, -0.1) is 0 Å². The number of esters is 2. The van der Waals surface area contributed by atoms with Gasteiger partial charge < -0.3 is 44.5 Å². The number of hydrogen-bond donors (Lipinski definition) is 4. The van der Waals surface area contributed by atoms with E-state index in [4.69, 9.17) is 28.8 Å². The fourth-order valence-electron chi connectivity index (χ4n) is 6.41. The molecule has 2 aliphatic rings. The lowest BCUT2D eigenvalue weighted by Gasteiger charge is -2.31. The van der Waals surface area contributed by atoms with Crippen LogP contribution in [0.4, 0.5) is 0 Å². The van der Waals surface area contributed by atoms with Crippen LogP contribution in [0.3, 0.4) is 0 Å². The van der Waals surface area contributed by atoms with Gasteiger partial charge in [-0.05, 0) is 57.0 Å². The first kappa shape index (κ1) is 41.8. The van der Waals surface area contributed by atoms with Crippen LogP contribution in [0.5, 0.6) is 0 Å². The molecule has 13 heteroatoms. The van der Waals surface area contributed by atoms with Gasteiger partial charge in [-0.3, -0.25) is 14.4 Å². The Morgan fingerprint density at radius 2 is 1.62 bits per heavy atom. The number of hydrogen-bond acceptors (Lipinski definition) is 11. The molecule has 0 bridgehead atoms. The molecular formula is C43H50N2O11. The Bertz CT molecular complexity index is 1820. The van der Waals surface area contributed by atoms with E-state index in [1.54, 1.807) is 57.2 Å². The Kier molecular flexibility index (Phi) is 14.6. The highest BCUT2D eigenvalue weighted by Crippen LogP contribution is 2.47. The molecule has 0 unspecified atom stereocenters. The summed E-state index contributed by atoms with van der Waals surface area (Å²) in [6, 6.07) is 24.9. The van der Waals surface area contributed by atoms with Crippen LogP contribution in [-0.4, -0.2) is 90.3 Å². The fraction of sp³-hybridized carbons (Fsp3) is 0.395. The lowest BCUT2D eigenvalue weighted by Crippen LogP contribution is -2.44. The van der Waals surface area contributed by atoms with Crippen LogP contribution in [-0.2, 0) is 43.9 Å². The highest BCUT2D eigenvalue weighted by atomic mass is 16.8. The maximum Gasteiger partial charge on any atom is 0.338 e. The van der Waals surface area contributed by atoms with E-state index >= 15 is 0 Å². The summed E-state index contributed by atoms with van der Waals surface area (Å²) in [6.45, 7) is 4.89. The molecule has 4 N–H and O–H groups in total. The van der Waals surface area contributed by atoms with Gasteiger partial charge in [0.05, 0.1) is 31.1 Å². The normalized spacial score (nSPS) is 19.3. The lowest BCUT2D eigenvalue weighted by atomic mass is 9.91. The van der Waals surface area contributed by atoms with Gasteiger partial charge in [0.25, 0.3) is 0 Å². The molecule has 5 rings (SSSR count). The number of aliphatic hydroxyl groups is 2. The van der Waals surface area contributed by atoms with E-state index in [-0.39, 0.29) is 63.2 Å². The van der Waals surface area contributed by atoms with E-state index in [9.17, 15) is 24.3 Å². The summed E-state index contributed by atoms with van der Waals surface area (Å²) in [5.74, 6) is -3.34. The third kappa shape index (κ3) is 11.4. The molecule has 2 amide bonds. The second kappa shape index (κ2) is 19.5. The number of benzene rings is 3. The molecule has 3 aromatic rings. The molecule has 13 nitrogen and oxygen atoms in total. The fourth-order valence-corrected chi connectivity index (χ4v) is 6.41. The highest BCUT2D eigenvalue weighted by Gasteiger charge is 2.55. The maximum absolute atomic E-state index is 13.7. The first-order chi connectivity index (χ1) is 26.9. The number of rotatable bonds is 17. The van der Waals surface area contributed by atoms with Crippen molar-refractivity contribution in [1.29, 1.82) is 0 Å². The van der Waals surface area contributed by atoms with E-state index in [2.05, 4.69) is 10.6 Å². The Hall–Kier alpha value is -5.34. The van der Waals surface area contributed by atoms with Crippen molar-refractivity contribution in [2.75, 3.05) is 26.4 Å². The molecule has 1 aliphatic heterocycles. The van der Waals surface area contributed by atoms with Gasteiger partial charge in [0, 0.05) is 42.5 Å². The maximum atomic E-state index is 13.7. The molecule has 1 heterocycles. The lowest BCUT2D eigenvalue weighted by molar-refractivity contribution is -0.157. The van der Waals surface area contributed by atoms with Gasteiger partial charge >= 0.3 is 11.9 Å². The summed E-state index contributed by atoms with van der Waals surface area (Å²) < 4.78 is 30.2. The second-order valence-electron chi connectivity index (χ2n) is 14.5. The predicted octanol–water partition coefficient (Wildman–Crippen LogP) is 4.31. The summed E-state index contributed by atoms with van der Waals surface area (Å²) in [7, 11) is 0. The number of aliphatic hydroxyl groups excluding tert-OH is 2. The van der Waals surface area contributed by atoms with Crippen molar-refractivity contribution in [3.8, 4) is 0 Å². The van der Waals surface area contributed by atoms with Gasteiger partial charge in [0.1, 0.15) is 30.5 Å². The third-order valence-electron chi connectivity index (χ3n) is 8.97. The summed E-state index contributed by atoms with van der Waals surface area (Å²) in [4.78, 5) is 52.2. The van der Waals surface area contributed by atoms with Crippen molar-refractivity contribution in [3.05, 3.63) is 125 Å². The zero-order valence-corrected chi connectivity index (χ0v) is 31.8. The van der Waals surface area contributed by atoms with Crippen molar-refractivity contribution in [3.63, 3.8) is 0 Å². The number of ether oxygens (including phenoxy) is 5. The molecule has 1 saturated heterocycles. The van der Waals surface area contributed by atoms with Crippen molar-refractivity contribution in [2.24, 2.45) is 0 Å². The highest BCUT2D eigenvalue weighted by molar-refractivity contribution is 5.94. The summed E-state index contributed by atoms with van der Waals surface area (Å²) >= 11 is 0. The Labute approximate surface area is 326 Å². The zero-order chi connectivity index (χ0) is 40.1. The summed E-state index contributed by atoms with van der Waals surface area (Å²) in [6.07, 6.45) is 2.33. The second-order valence-corrected chi connectivity index (χ2v) is 14.5. The number of amides is 2. The summed E-state index contributed by atoms with van der Waals surface area (Å²) in [5.41, 5.74) is 2.00. The average molecular weight is 771 g/mol. The van der Waals surface area contributed by atoms with E-state index in [1.807, 2.05) is 60.7 Å². The molecule has 1 aliphatic carbocycles. The molecule has 0 saturated carbocycles. The van der Waals surface area contributed by atoms with Crippen LogP contribution in [0, 0.1) is 0 Å². The quantitative estimate of drug-likeness (QED) is 0.0874.